The molecule has 0 aliphatic carbocycles. The van der Waals surface area contributed by atoms with E-state index in [0.29, 0.717) is 19.6 Å². The molecule has 2 aromatic carbocycles. The molecule has 0 unspecified atom stereocenters. The first-order valence-corrected chi connectivity index (χ1v) is 9.17. The van der Waals surface area contributed by atoms with E-state index >= 15 is 0 Å². The van der Waals surface area contributed by atoms with E-state index in [1.54, 1.807) is 16.7 Å². The number of thioether (sulfide) groups is 1. The molecule has 0 N–H and O–H groups in total. The summed E-state index contributed by atoms with van der Waals surface area (Å²) in [6.45, 7) is 1.41. The molecule has 0 radical (unpaired) electrons. The van der Waals surface area contributed by atoms with Crippen LogP contribution in [0.1, 0.15) is 11.1 Å². The summed E-state index contributed by atoms with van der Waals surface area (Å²) in [6.07, 6.45) is 4.04. The Hall–Kier alpha value is -2.45. The summed E-state index contributed by atoms with van der Waals surface area (Å²) in [4.78, 5) is 15.8. The van der Waals surface area contributed by atoms with Crippen LogP contribution in [0.4, 0.5) is 4.79 Å². The van der Waals surface area contributed by atoms with E-state index < -0.39 is 0 Å². The van der Waals surface area contributed by atoms with Gasteiger partial charge in [0.1, 0.15) is 0 Å². The highest BCUT2D eigenvalue weighted by molar-refractivity contribution is 7.98. The average molecular weight is 339 g/mol. The molecule has 0 saturated heterocycles. The Balaban J connectivity index is 2.11. The van der Waals surface area contributed by atoms with Crippen molar-refractivity contribution in [2.45, 2.75) is 13.1 Å². The lowest BCUT2D eigenvalue weighted by Crippen LogP contribution is -2.41. The third kappa shape index (κ3) is 5.32. The van der Waals surface area contributed by atoms with Gasteiger partial charge in [0.2, 0.25) is 0 Å². The number of carbonyl (C=O) groups excluding carboxylic acids is 1. The molecular formula is C19H21N3OS. The van der Waals surface area contributed by atoms with Gasteiger partial charge >= 0.3 is 6.03 Å². The van der Waals surface area contributed by atoms with Crippen LogP contribution in [0.2, 0.25) is 0 Å². The van der Waals surface area contributed by atoms with Gasteiger partial charge in [0.05, 0.1) is 6.54 Å². The maximum absolute atomic E-state index is 12.8. The summed E-state index contributed by atoms with van der Waals surface area (Å²) < 4.78 is 0. The largest absolute Gasteiger partial charge is 0.333 e. The number of amides is 2. The minimum atomic E-state index is -0.251. The van der Waals surface area contributed by atoms with Gasteiger partial charge in [0.25, 0.3) is 0 Å². The van der Waals surface area contributed by atoms with Gasteiger partial charge in [-0.15, -0.1) is 0 Å². The van der Waals surface area contributed by atoms with Crippen molar-refractivity contribution < 1.29 is 4.79 Å². The number of hydrogen-bond acceptors (Lipinski definition) is 3. The van der Waals surface area contributed by atoms with E-state index in [4.69, 9.17) is 0 Å². The number of nitriles is 1. The maximum Gasteiger partial charge on any atom is 0.333 e. The first-order valence-electron chi connectivity index (χ1n) is 7.77. The molecule has 2 rings (SSSR count). The van der Waals surface area contributed by atoms with Gasteiger partial charge in [-0.1, -0.05) is 60.7 Å². The molecule has 0 bridgehead atoms. The van der Waals surface area contributed by atoms with Crippen molar-refractivity contribution in [1.29, 1.82) is 5.26 Å². The van der Waals surface area contributed by atoms with Gasteiger partial charge in [-0.05, 0) is 17.4 Å². The normalized spacial score (nSPS) is 10.0. The Kier molecular flexibility index (Phi) is 7.19. The molecule has 0 heterocycles. The van der Waals surface area contributed by atoms with Crippen molar-refractivity contribution in [3.05, 3.63) is 71.8 Å². The number of benzene rings is 2. The first-order chi connectivity index (χ1) is 11.7. The lowest BCUT2D eigenvalue weighted by molar-refractivity contribution is 0.170. The van der Waals surface area contributed by atoms with Crippen LogP contribution < -0.4 is 0 Å². The van der Waals surface area contributed by atoms with Crippen molar-refractivity contribution in [3.63, 3.8) is 0 Å². The van der Waals surface area contributed by atoms with Gasteiger partial charge in [0, 0.05) is 18.8 Å². The summed E-state index contributed by atoms with van der Waals surface area (Å²) in [6, 6.07) is 19.2. The summed E-state index contributed by atoms with van der Waals surface area (Å²) in [5, 5.41) is 9.42. The van der Waals surface area contributed by atoms with Gasteiger partial charge in [-0.3, -0.25) is 0 Å². The summed E-state index contributed by atoms with van der Waals surface area (Å²) in [5.41, 5.74) is 2.00. The topological polar surface area (TPSA) is 47.3 Å². The molecule has 0 aromatic heterocycles. The lowest BCUT2D eigenvalue weighted by atomic mass is 10.2. The Morgan fingerprint density at radius 1 is 1.00 bits per heavy atom. The standard InChI is InChI=1S/C19H21N3OS/c1-24-13-12-21(14-17-8-4-2-5-9-17)19(23)22(16-20)15-18-10-6-3-7-11-18/h2-11H,12-15H2,1H3. The van der Waals surface area contributed by atoms with E-state index in [1.807, 2.05) is 73.1 Å². The third-order valence-electron chi connectivity index (χ3n) is 3.59. The minimum Gasteiger partial charge on any atom is -0.319 e. The highest BCUT2D eigenvalue weighted by Crippen LogP contribution is 2.11. The zero-order valence-corrected chi connectivity index (χ0v) is 14.6. The smallest absolute Gasteiger partial charge is 0.319 e. The molecule has 124 valence electrons. The summed E-state index contributed by atoms with van der Waals surface area (Å²) in [5.74, 6) is 0.836. The molecule has 0 spiro atoms. The maximum atomic E-state index is 12.8. The molecule has 4 nitrogen and oxygen atoms in total. The Labute approximate surface area is 147 Å². The van der Waals surface area contributed by atoms with Crippen molar-refractivity contribution in [2.24, 2.45) is 0 Å². The second-order valence-corrected chi connectivity index (χ2v) is 6.34. The van der Waals surface area contributed by atoms with Crippen LogP contribution in [0.25, 0.3) is 0 Å². The number of urea groups is 1. The van der Waals surface area contributed by atoms with Crippen LogP contribution in [-0.4, -0.2) is 34.4 Å². The van der Waals surface area contributed by atoms with Gasteiger partial charge < -0.3 is 4.90 Å². The molecule has 0 aliphatic rings. The zero-order valence-electron chi connectivity index (χ0n) is 13.8. The van der Waals surface area contributed by atoms with Crippen LogP contribution in [-0.2, 0) is 13.1 Å². The van der Waals surface area contributed by atoms with Crippen LogP contribution >= 0.6 is 11.8 Å². The fraction of sp³-hybridized carbons (Fsp3) is 0.263. The third-order valence-corrected chi connectivity index (χ3v) is 4.18. The highest BCUT2D eigenvalue weighted by atomic mass is 32.2. The van der Waals surface area contributed by atoms with Crippen LogP contribution in [0.15, 0.2) is 60.7 Å². The van der Waals surface area contributed by atoms with Crippen LogP contribution in [0.3, 0.4) is 0 Å². The van der Waals surface area contributed by atoms with E-state index in [2.05, 4.69) is 0 Å². The second kappa shape index (κ2) is 9.64. The fourth-order valence-corrected chi connectivity index (χ4v) is 2.73. The average Bonchev–Trinajstić information content (AvgIpc) is 2.64. The zero-order chi connectivity index (χ0) is 17.2. The van der Waals surface area contributed by atoms with Crippen molar-refractivity contribution in [1.82, 2.24) is 9.80 Å². The van der Waals surface area contributed by atoms with Crippen molar-refractivity contribution in [2.75, 3.05) is 18.6 Å². The van der Waals surface area contributed by atoms with Crippen LogP contribution in [0.5, 0.6) is 0 Å². The summed E-state index contributed by atoms with van der Waals surface area (Å²) in [7, 11) is 0. The predicted octanol–water partition coefficient (Wildman–Crippen LogP) is 3.95. The monoisotopic (exact) mass is 339 g/mol. The Morgan fingerprint density at radius 3 is 2.04 bits per heavy atom. The minimum absolute atomic E-state index is 0.251. The van der Waals surface area contributed by atoms with Gasteiger partial charge in [-0.25, -0.2) is 9.69 Å². The van der Waals surface area contributed by atoms with E-state index in [0.717, 1.165) is 16.9 Å². The van der Waals surface area contributed by atoms with Crippen LogP contribution in [0, 0.1) is 11.5 Å². The van der Waals surface area contributed by atoms with E-state index in [1.165, 1.54) is 4.90 Å². The van der Waals surface area contributed by atoms with Gasteiger partial charge in [-0.2, -0.15) is 17.0 Å². The number of carbonyl (C=O) groups is 1. The van der Waals surface area contributed by atoms with Gasteiger partial charge in [0.15, 0.2) is 6.19 Å². The quantitative estimate of drug-likeness (QED) is 0.567. The lowest BCUT2D eigenvalue weighted by Gasteiger charge is -2.26. The fourth-order valence-electron chi connectivity index (χ4n) is 2.33. The van der Waals surface area contributed by atoms with Crippen molar-refractivity contribution >= 4 is 17.8 Å². The predicted molar refractivity (Wildman–Crippen MR) is 98.2 cm³/mol. The Bertz CT molecular complexity index is 670. The Morgan fingerprint density at radius 2 is 1.54 bits per heavy atom. The molecule has 0 aliphatic heterocycles. The molecule has 0 atom stereocenters. The van der Waals surface area contributed by atoms with Crippen molar-refractivity contribution in [3.8, 4) is 6.19 Å². The SMILES string of the molecule is CSCCN(Cc1ccccc1)C(=O)N(C#N)Cc1ccccc1. The molecular weight excluding hydrogens is 318 g/mol. The molecule has 2 aromatic rings. The second-order valence-electron chi connectivity index (χ2n) is 5.35. The molecule has 2 amide bonds. The van der Waals surface area contributed by atoms with E-state index in [9.17, 15) is 10.1 Å². The molecule has 5 heteroatoms. The van der Waals surface area contributed by atoms with E-state index in [-0.39, 0.29) is 6.03 Å². The highest BCUT2D eigenvalue weighted by Gasteiger charge is 2.21. The number of hydrogen-bond donors (Lipinski definition) is 0. The number of rotatable bonds is 7. The number of nitrogens with zero attached hydrogens (tertiary/aromatic N) is 3. The molecule has 24 heavy (non-hydrogen) atoms. The first kappa shape index (κ1) is 17.9. The molecule has 0 saturated carbocycles. The summed E-state index contributed by atoms with van der Waals surface area (Å²) >= 11 is 1.69. The molecule has 0 fully saturated rings.